The van der Waals surface area contributed by atoms with Crippen LogP contribution in [-0.2, 0) is 6.42 Å². The van der Waals surface area contributed by atoms with Crippen molar-refractivity contribution in [2.24, 2.45) is 0 Å². The van der Waals surface area contributed by atoms with Crippen molar-refractivity contribution in [1.29, 1.82) is 0 Å². The zero-order valence-electron chi connectivity index (χ0n) is 8.33. The number of rotatable bonds is 2. The van der Waals surface area contributed by atoms with Gasteiger partial charge in [0, 0.05) is 15.0 Å². The number of thiophene rings is 1. The van der Waals surface area contributed by atoms with Crippen LogP contribution < -0.4 is 10.5 Å². The molecule has 0 saturated carbocycles. The molecule has 0 aliphatic heterocycles. The normalized spacial score (nSPS) is 10.7. The maximum absolute atomic E-state index is 6.01. The van der Waals surface area contributed by atoms with E-state index in [0.29, 0.717) is 0 Å². The number of nitrogen functional groups attached to an aromatic ring is 1. The first-order valence-corrected chi connectivity index (χ1v) is 5.42. The van der Waals surface area contributed by atoms with Gasteiger partial charge in [-0.1, -0.05) is 6.92 Å². The van der Waals surface area contributed by atoms with E-state index in [1.165, 1.54) is 9.58 Å². The Hall–Kier alpha value is -1.22. The van der Waals surface area contributed by atoms with E-state index in [1.54, 1.807) is 18.4 Å². The first kappa shape index (κ1) is 9.34. The zero-order valence-corrected chi connectivity index (χ0v) is 9.15. The SMILES string of the molecule is CCc1sc2cc(OC)ccc2c1N. The van der Waals surface area contributed by atoms with Gasteiger partial charge in [0.1, 0.15) is 5.75 Å². The molecular weight excluding hydrogens is 194 g/mol. The average Bonchev–Trinajstić information content (AvgIpc) is 2.55. The molecule has 0 unspecified atom stereocenters. The van der Waals surface area contributed by atoms with Crippen LogP contribution in [-0.4, -0.2) is 7.11 Å². The van der Waals surface area contributed by atoms with Crippen molar-refractivity contribution in [2.75, 3.05) is 12.8 Å². The van der Waals surface area contributed by atoms with Crippen molar-refractivity contribution < 1.29 is 4.74 Å². The molecule has 2 rings (SSSR count). The summed E-state index contributed by atoms with van der Waals surface area (Å²) >= 11 is 1.75. The topological polar surface area (TPSA) is 35.2 Å². The van der Waals surface area contributed by atoms with Crippen LogP contribution >= 0.6 is 11.3 Å². The number of benzene rings is 1. The standard InChI is InChI=1S/C11H13NOS/c1-3-9-11(12)8-5-4-7(13-2)6-10(8)14-9/h4-6H,3,12H2,1-2H3. The molecule has 0 fully saturated rings. The Morgan fingerprint density at radius 1 is 1.43 bits per heavy atom. The third-order valence-corrected chi connectivity index (χ3v) is 3.65. The Bertz CT molecular complexity index is 462. The number of methoxy groups -OCH3 is 1. The van der Waals surface area contributed by atoms with Crippen LogP contribution in [0, 0.1) is 0 Å². The van der Waals surface area contributed by atoms with Crippen LogP contribution in [0.4, 0.5) is 5.69 Å². The molecule has 2 nitrogen and oxygen atoms in total. The quantitative estimate of drug-likeness (QED) is 0.821. The predicted molar refractivity (Wildman–Crippen MR) is 62.2 cm³/mol. The van der Waals surface area contributed by atoms with E-state index >= 15 is 0 Å². The number of hydrogen-bond donors (Lipinski definition) is 1. The Balaban J connectivity index is 2.66. The van der Waals surface area contributed by atoms with Crippen LogP contribution in [0.25, 0.3) is 10.1 Å². The smallest absolute Gasteiger partial charge is 0.120 e. The molecule has 74 valence electrons. The molecule has 0 radical (unpaired) electrons. The summed E-state index contributed by atoms with van der Waals surface area (Å²) in [4.78, 5) is 1.26. The van der Waals surface area contributed by atoms with Gasteiger partial charge in [-0.2, -0.15) is 0 Å². The summed E-state index contributed by atoms with van der Waals surface area (Å²) in [6, 6.07) is 6.01. The van der Waals surface area contributed by atoms with E-state index in [0.717, 1.165) is 23.2 Å². The monoisotopic (exact) mass is 207 g/mol. The van der Waals surface area contributed by atoms with Crippen LogP contribution in [0.2, 0.25) is 0 Å². The molecule has 1 aromatic heterocycles. The first-order valence-electron chi connectivity index (χ1n) is 4.61. The fraction of sp³-hybridized carbons (Fsp3) is 0.273. The van der Waals surface area contributed by atoms with Gasteiger partial charge in [0.15, 0.2) is 0 Å². The van der Waals surface area contributed by atoms with E-state index in [4.69, 9.17) is 10.5 Å². The van der Waals surface area contributed by atoms with Crippen molar-refractivity contribution in [2.45, 2.75) is 13.3 Å². The second-order valence-electron chi connectivity index (χ2n) is 3.15. The Labute approximate surface area is 87.3 Å². The average molecular weight is 207 g/mol. The van der Waals surface area contributed by atoms with Gasteiger partial charge in [-0.05, 0) is 24.6 Å². The van der Waals surface area contributed by atoms with Crippen LogP contribution in [0.15, 0.2) is 18.2 Å². The van der Waals surface area contributed by atoms with Crippen molar-refractivity contribution in [1.82, 2.24) is 0 Å². The lowest BCUT2D eigenvalue weighted by atomic mass is 10.2. The van der Waals surface area contributed by atoms with Crippen molar-refractivity contribution in [3.8, 4) is 5.75 Å². The summed E-state index contributed by atoms with van der Waals surface area (Å²) in [6.45, 7) is 2.12. The fourth-order valence-corrected chi connectivity index (χ4v) is 2.63. The van der Waals surface area contributed by atoms with Gasteiger partial charge >= 0.3 is 0 Å². The zero-order chi connectivity index (χ0) is 10.1. The Kier molecular flexibility index (Phi) is 2.33. The highest BCUT2D eigenvalue weighted by molar-refractivity contribution is 7.19. The summed E-state index contributed by atoms with van der Waals surface area (Å²) in [5.74, 6) is 0.890. The lowest BCUT2D eigenvalue weighted by Crippen LogP contribution is -1.86. The van der Waals surface area contributed by atoms with Gasteiger partial charge in [0.2, 0.25) is 0 Å². The molecule has 0 atom stereocenters. The van der Waals surface area contributed by atoms with Gasteiger partial charge < -0.3 is 10.5 Å². The highest BCUT2D eigenvalue weighted by atomic mass is 32.1. The minimum atomic E-state index is 0.890. The third-order valence-electron chi connectivity index (χ3n) is 2.33. The minimum absolute atomic E-state index is 0.890. The van der Waals surface area contributed by atoms with Gasteiger partial charge in [0.25, 0.3) is 0 Å². The molecule has 0 aliphatic carbocycles. The first-order chi connectivity index (χ1) is 6.76. The highest BCUT2D eigenvalue weighted by Gasteiger charge is 2.07. The third kappa shape index (κ3) is 1.34. The molecular formula is C11H13NOS. The predicted octanol–water partition coefficient (Wildman–Crippen LogP) is 3.05. The summed E-state index contributed by atoms with van der Waals surface area (Å²) in [7, 11) is 1.68. The number of anilines is 1. The number of aryl methyl sites for hydroxylation is 1. The molecule has 1 heterocycles. The van der Waals surface area contributed by atoms with Crippen molar-refractivity contribution in [3.63, 3.8) is 0 Å². The van der Waals surface area contributed by atoms with Gasteiger partial charge in [-0.25, -0.2) is 0 Å². The van der Waals surface area contributed by atoms with E-state index in [2.05, 4.69) is 6.92 Å². The summed E-state index contributed by atoms with van der Waals surface area (Å²) in [5.41, 5.74) is 6.94. The summed E-state index contributed by atoms with van der Waals surface area (Å²) in [5, 5.41) is 1.15. The maximum atomic E-state index is 6.01. The van der Waals surface area contributed by atoms with Crippen LogP contribution in [0.3, 0.4) is 0 Å². The minimum Gasteiger partial charge on any atom is -0.497 e. The Morgan fingerprint density at radius 2 is 2.21 bits per heavy atom. The summed E-state index contributed by atoms with van der Waals surface area (Å²) < 4.78 is 6.38. The van der Waals surface area contributed by atoms with Gasteiger partial charge in [-0.15, -0.1) is 11.3 Å². The second-order valence-corrected chi connectivity index (χ2v) is 4.29. The number of nitrogens with two attached hydrogens (primary N) is 1. The molecule has 0 saturated heterocycles. The van der Waals surface area contributed by atoms with Gasteiger partial charge in [0.05, 0.1) is 12.8 Å². The van der Waals surface area contributed by atoms with Crippen LogP contribution in [0.1, 0.15) is 11.8 Å². The molecule has 0 bridgehead atoms. The number of ether oxygens (including phenoxy) is 1. The fourth-order valence-electron chi connectivity index (χ4n) is 1.54. The van der Waals surface area contributed by atoms with E-state index in [1.807, 2.05) is 18.2 Å². The van der Waals surface area contributed by atoms with E-state index in [-0.39, 0.29) is 0 Å². The lowest BCUT2D eigenvalue weighted by molar-refractivity contribution is 0.415. The van der Waals surface area contributed by atoms with E-state index < -0.39 is 0 Å². The maximum Gasteiger partial charge on any atom is 0.120 e. The lowest BCUT2D eigenvalue weighted by Gasteiger charge is -1.98. The molecule has 0 aliphatic rings. The molecule has 2 aromatic rings. The van der Waals surface area contributed by atoms with E-state index in [9.17, 15) is 0 Å². The Morgan fingerprint density at radius 3 is 2.86 bits per heavy atom. The van der Waals surface area contributed by atoms with Crippen molar-refractivity contribution in [3.05, 3.63) is 23.1 Å². The summed E-state index contributed by atoms with van der Waals surface area (Å²) in [6.07, 6.45) is 0.994. The highest BCUT2D eigenvalue weighted by Crippen LogP contribution is 2.35. The molecule has 1 aromatic carbocycles. The van der Waals surface area contributed by atoms with Crippen LogP contribution in [0.5, 0.6) is 5.75 Å². The largest absolute Gasteiger partial charge is 0.497 e. The number of fused-ring (bicyclic) bond motifs is 1. The molecule has 0 amide bonds. The van der Waals surface area contributed by atoms with Gasteiger partial charge in [-0.3, -0.25) is 0 Å². The molecule has 14 heavy (non-hydrogen) atoms. The molecule has 3 heteroatoms. The van der Waals surface area contributed by atoms with Crippen molar-refractivity contribution >= 4 is 27.1 Å². The molecule has 0 spiro atoms. The second kappa shape index (κ2) is 3.50. The number of hydrogen-bond acceptors (Lipinski definition) is 3. The molecule has 2 N–H and O–H groups in total.